The van der Waals surface area contributed by atoms with Crippen molar-refractivity contribution in [3.63, 3.8) is 0 Å². The Kier molecular flexibility index (Phi) is 3.24. The summed E-state index contributed by atoms with van der Waals surface area (Å²) in [7, 11) is 1.91. The molecule has 2 aromatic rings. The monoisotopic (exact) mass is 280 g/mol. The van der Waals surface area contributed by atoms with E-state index in [9.17, 15) is 0 Å². The molecular weight excluding hydrogens is 268 g/mol. The van der Waals surface area contributed by atoms with Gasteiger partial charge in [0.05, 0.1) is 17.9 Å². The Bertz CT molecular complexity index is 492. The van der Waals surface area contributed by atoms with E-state index < -0.39 is 0 Å². The van der Waals surface area contributed by atoms with Gasteiger partial charge in [0.25, 0.3) is 0 Å². The predicted molar refractivity (Wildman–Crippen MR) is 67.2 cm³/mol. The van der Waals surface area contributed by atoms with E-state index in [4.69, 9.17) is 0 Å². The van der Waals surface area contributed by atoms with Gasteiger partial charge in [-0.25, -0.2) is 4.98 Å². The molecule has 1 N–H and O–H groups in total. The fraction of sp³-hybridized carbons (Fsp3) is 0.273. The first kappa shape index (κ1) is 11.1. The highest BCUT2D eigenvalue weighted by Crippen LogP contribution is 2.16. The number of aryl methyl sites for hydroxylation is 2. The second-order valence-electron chi connectivity index (χ2n) is 3.60. The lowest BCUT2D eigenvalue weighted by atomic mass is 10.3. The third-order valence-electron chi connectivity index (χ3n) is 2.24. The number of hydrogen-bond donors (Lipinski definition) is 1. The minimum Gasteiger partial charge on any atom is -0.364 e. The summed E-state index contributed by atoms with van der Waals surface area (Å²) in [4.78, 5) is 4.40. The van der Waals surface area contributed by atoms with E-state index in [2.05, 4.69) is 31.3 Å². The zero-order valence-electron chi connectivity index (χ0n) is 9.24. The van der Waals surface area contributed by atoms with E-state index in [0.29, 0.717) is 6.54 Å². The molecule has 0 amide bonds. The summed E-state index contributed by atoms with van der Waals surface area (Å²) in [6.07, 6.45) is 1.93. The molecule has 0 aliphatic rings. The molecule has 16 heavy (non-hydrogen) atoms. The third-order valence-corrected chi connectivity index (χ3v) is 3.08. The predicted octanol–water partition coefficient (Wildman–Crippen LogP) is 2.50. The van der Waals surface area contributed by atoms with Crippen molar-refractivity contribution in [3.05, 3.63) is 40.3 Å². The van der Waals surface area contributed by atoms with E-state index in [0.717, 1.165) is 21.7 Å². The molecule has 0 saturated carbocycles. The van der Waals surface area contributed by atoms with Gasteiger partial charge in [-0.1, -0.05) is 0 Å². The van der Waals surface area contributed by atoms with Crippen LogP contribution in [0.3, 0.4) is 0 Å². The third kappa shape index (κ3) is 2.61. The molecule has 2 heterocycles. The number of hydrogen-bond acceptors (Lipinski definition) is 3. The molecule has 0 spiro atoms. The fourth-order valence-corrected chi connectivity index (χ4v) is 1.60. The number of aromatic nitrogens is 3. The molecule has 0 aromatic carbocycles. The summed E-state index contributed by atoms with van der Waals surface area (Å²) in [5.74, 6) is 0.867. The summed E-state index contributed by atoms with van der Waals surface area (Å²) in [6.45, 7) is 2.66. The topological polar surface area (TPSA) is 42.7 Å². The largest absolute Gasteiger partial charge is 0.364 e. The van der Waals surface area contributed by atoms with Crippen LogP contribution in [0.25, 0.3) is 0 Å². The van der Waals surface area contributed by atoms with Crippen molar-refractivity contribution in [2.24, 2.45) is 7.05 Å². The lowest BCUT2D eigenvalue weighted by molar-refractivity contribution is 0.747. The highest BCUT2D eigenvalue weighted by molar-refractivity contribution is 9.10. The normalized spacial score (nSPS) is 10.4. The van der Waals surface area contributed by atoms with Gasteiger partial charge in [0.1, 0.15) is 5.82 Å². The standard InChI is InChI=1S/C11H13BrN4/c1-8-10(12)3-4-11(14-8)13-7-9-5-6-16(2)15-9/h3-6H,7H2,1-2H3,(H,13,14). The Morgan fingerprint density at radius 1 is 1.38 bits per heavy atom. The number of rotatable bonds is 3. The first-order valence-electron chi connectivity index (χ1n) is 5.01. The van der Waals surface area contributed by atoms with Crippen molar-refractivity contribution in [2.75, 3.05) is 5.32 Å². The van der Waals surface area contributed by atoms with Crippen LogP contribution in [-0.4, -0.2) is 14.8 Å². The van der Waals surface area contributed by atoms with E-state index in [1.807, 2.05) is 38.4 Å². The summed E-state index contributed by atoms with van der Waals surface area (Å²) in [6, 6.07) is 5.92. The molecule has 0 unspecified atom stereocenters. The molecular formula is C11H13BrN4. The molecule has 0 bridgehead atoms. The van der Waals surface area contributed by atoms with Crippen molar-refractivity contribution in [2.45, 2.75) is 13.5 Å². The van der Waals surface area contributed by atoms with Gasteiger partial charge in [-0.15, -0.1) is 0 Å². The van der Waals surface area contributed by atoms with Crippen LogP contribution in [0.2, 0.25) is 0 Å². The Labute approximate surface area is 103 Å². The van der Waals surface area contributed by atoms with Crippen molar-refractivity contribution < 1.29 is 0 Å². The molecule has 84 valence electrons. The Morgan fingerprint density at radius 3 is 2.81 bits per heavy atom. The SMILES string of the molecule is Cc1nc(NCc2ccn(C)n2)ccc1Br. The van der Waals surface area contributed by atoms with Crippen LogP contribution in [0.5, 0.6) is 0 Å². The van der Waals surface area contributed by atoms with Gasteiger partial charge < -0.3 is 5.32 Å². The van der Waals surface area contributed by atoms with Crippen molar-refractivity contribution >= 4 is 21.7 Å². The molecule has 0 radical (unpaired) electrons. The van der Waals surface area contributed by atoms with Gasteiger partial charge in [-0.3, -0.25) is 4.68 Å². The smallest absolute Gasteiger partial charge is 0.126 e. The first-order valence-corrected chi connectivity index (χ1v) is 5.80. The molecule has 0 aliphatic heterocycles. The van der Waals surface area contributed by atoms with Gasteiger partial charge in [-0.05, 0) is 41.1 Å². The molecule has 2 rings (SSSR count). The zero-order chi connectivity index (χ0) is 11.5. The molecule has 4 nitrogen and oxygen atoms in total. The van der Waals surface area contributed by atoms with Crippen molar-refractivity contribution in [1.82, 2.24) is 14.8 Å². The maximum atomic E-state index is 4.40. The Morgan fingerprint density at radius 2 is 2.19 bits per heavy atom. The van der Waals surface area contributed by atoms with Gasteiger partial charge in [0, 0.05) is 17.7 Å². The quantitative estimate of drug-likeness (QED) is 0.940. The van der Waals surface area contributed by atoms with E-state index in [1.54, 1.807) is 4.68 Å². The van der Waals surface area contributed by atoms with Gasteiger partial charge in [-0.2, -0.15) is 5.10 Å². The van der Waals surface area contributed by atoms with Crippen LogP contribution in [0.1, 0.15) is 11.4 Å². The number of halogens is 1. The lowest BCUT2D eigenvalue weighted by Gasteiger charge is -2.05. The zero-order valence-corrected chi connectivity index (χ0v) is 10.8. The van der Waals surface area contributed by atoms with Crippen LogP contribution in [-0.2, 0) is 13.6 Å². The first-order chi connectivity index (χ1) is 7.65. The molecule has 0 atom stereocenters. The summed E-state index contributed by atoms with van der Waals surface area (Å²) < 4.78 is 2.81. The summed E-state index contributed by atoms with van der Waals surface area (Å²) >= 11 is 3.42. The minimum absolute atomic E-state index is 0.689. The number of nitrogens with one attached hydrogen (secondary N) is 1. The van der Waals surface area contributed by atoms with Crippen molar-refractivity contribution in [3.8, 4) is 0 Å². The Balaban J connectivity index is 2.02. The number of nitrogens with zero attached hydrogens (tertiary/aromatic N) is 3. The van der Waals surface area contributed by atoms with Crippen LogP contribution >= 0.6 is 15.9 Å². The van der Waals surface area contributed by atoms with Crippen molar-refractivity contribution in [1.29, 1.82) is 0 Å². The van der Waals surface area contributed by atoms with E-state index in [1.165, 1.54) is 0 Å². The fourth-order valence-electron chi connectivity index (χ4n) is 1.38. The average Bonchev–Trinajstić information content (AvgIpc) is 2.66. The van der Waals surface area contributed by atoms with E-state index >= 15 is 0 Å². The number of anilines is 1. The Hall–Kier alpha value is -1.36. The maximum absolute atomic E-state index is 4.40. The summed E-state index contributed by atoms with van der Waals surface area (Å²) in [5.41, 5.74) is 1.98. The maximum Gasteiger partial charge on any atom is 0.126 e. The van der Waals surface area contributed by atoms with E-state index in [-0.39, 0.29) is 0 Å². The lowest BCUT2D eigenvalue weighted by Crippen LogP contribution is -2.03. The summed E-state index contributed by atoms with van der Waals surface area (Å²) in [5, 5.41) is 7.52. The number of pyridine rings is 1. The van der Waals surface area contributed by atoms with Gasteiger partial charge in [0.15, 0.2) is 0 Å². The molecule has 5 heteroatoms. The molecule has 2 aromatic heterocycles. The molecule has 0 aliphatic carbocycles. The van der Waals surface area contributed by atoms with Crippen LogP contribution in [0, 0.1) is 6.92 Å². The highest BCUT2D eigenvalue weighted by Gasteiger charge is 2.00. The molecule has 0 saturated heterocycles. The molecule has 0 fully saturated rings. The van der Waals surface area contributed by atoms with Crippen LogP contribution in [0.15, 0.2) is 28.9 Å². The second kappa shape index (κ2) is 4.65. The second-order valence-corrected chi connectivity index (χ2v) is 4.45. The van der Waals surface area contributed by atoms with Gasteiger partial charge in [0.2, 0.25) is 0 Å². The van der Waals surface area contributed by atoms with Crippen LogP contribution < -0.4 is 5.32 Å². The minimum atomic E-state index is 0.689. The average molecular weight is 281 g/mol. The van der Waals surface area contributed by atoms with Gasteiger partial charge >= 0.3 is 0 Å². The van der Waals surface area contributed by atoms with Crippen LogP contribution in [0.4, 0.5) is 5.82 Å². The highest BCUT2D eigenvalue weighted by atomic mass is 79.9.